The van der Waals surface area contributed by atoms with Gasteiger partial charge in [-0.2, -0.15) is 0 Å². The Hall–Kier alpha value is -2.53. The first-order valence-electron chi connectivity index (χ1n) is 9.58. The quantitative estimate of drug-likeness (QED) is 0.805. The minimum Gasteiger partial charge on any atom is -0.497 e. The zero-order valence-corrected chi connectivity index (χ0v) is 15.6. The van der Waals surface area contributed by atoms with Crippen molar-refractivity contribution in [1.29, 1.82) is 0 Å². The standard InChI is InChI=1S/C22H25NO4/c1-25-17-10-11-20-16(14-17)6-4-12-23(20)22(24)19-8-2-3-9-21(19)27-15-18-7-5-13-26-18/h2-3,8-11,14,18H,4-7,12-13,15H2,1H3/t18-/m1/s1. The van der Waals surface area contributed by atoms with E-state index in [4.69, 9.17) is 14.2 Å². The van der Waals surface area contributed by atoms with Crippen molar-refractivity contribution in [2.75, 3.05) is 31.8 Å². The summed E-state index contributed by atoms with van der Waals surface area (Å²) in [5.41, 5.74) is 2.70. The van der Waals surface area contributed by atoms with Crippen LogP contribution in [0.3, 0.4) is 0 Å². The van der Waals surface area contributed by atoms with Gasteiger partial charge in [-0.15, -0.1) is 0 Å². The molecule has 2 aromatic carbocycles. The first kappa shape index (κ1) is 17.9. The lowest BCUT2D eigenvalue weighted by Gasteiger charge is -2.30. The summed E-state index contributed by atoms with van der Waals surface area (Å²) < 4.78 is 16.9. The normalized spacial score (nSPS) is 18.9. The van der Waals surface area contributed by atoms with E-state index in [9.17, 15) is 4.79 Å². The maximum absolute atomic E-state index is 13.3. The van der Waals surface area contributed by atoms with Crippen LogP contribution in [-0.4, -0.2) is 38.9 Å². The molecule has 2 aliphatic rings. The number of methoxy groups -OCH3 is 1. The van der Waals surface area contributed by atoms with Crippen LogP contribution in [0.25, 0.3) is 0 Å². The summed E-state index contributed by atoms with van der Waals surface area (Å²) in [6, 6.07) is 13.4. The highest BCUT2D eigenvalue weighted by Crippen LogP contribution is 2.33. The smallest absolute Gasteiger partial charge is 0.262 e. The Morgan fingerprint density at radius 3 is 2.93 bits per heavy atom. The lowest BCUT2D eigenvalue weighted by atomic mass is 10.00. The van der Waals surface area contributed by atoms with E-state index in [1.165, 1.54) is 0 Å². The van der Waals surface area contributed by atoms with Gasteiger partial charge >= 0.3 is 0 Å². The molecule has 5 nitrogen and oxygen atoms in total. The van der Waals surface area contributed by atoms with Gasteiger partial charge in [-0.1, -0.05) is 12.1 Å². The fraction of sp³-hybridized carbons (Fsp3) is 0.409. The highest BCUT2D eigenvalue weighted by atomic mass is 16.5. The van der Waals surface area contributed by atoms with Gasteiger partial charge in [0.25, 0.3) is 5.91 Å². The molecule has 0 N–H and O–H groups in total. The average Bonchev–Trinajstić information content (AvgIpc) is 3.24. The lowest BCUT2D eigenvalue weighted by Crippen LogP contribution is -2.35. The predicted molar refractivity (Wildman–Crippen MR) is 104 cm³/mol. The molecule has 0 aromatic heterocycles. The molecule has 4 rings (SSSR count). The fourth-order valence-electron chi connectivity index (χ4n) is 3.78. The van der Waals surface area contributed by atoms with Gasteiger partial charge in [0.15, 0.2) is 0 Å². The van der Waals surface area contributed by atoms with Gasteiger partial charge in [0.2, 0.25) is 0 Å². The van der Waals surface area contributed by atoms with Gasteiger partial charge in [-0.3, -0.25) is 4.79 Å². The van der Waals surface area contributed by atoms with Gasteiger partial charge in [0.1, 0.15) is 18.1 Å². The summed E-state index contributed by atoms with van der Waals surface area (Å²) in [5, 5.41) is 0. The molecule has 5 heteroatoms. The maximum Gasteiger partial charge on any atom is 0.262 e. The Kier molecular flexibility index (Phi) is 5.30. The molecule has 2 heterocycles. The first-order valence-corrected chi connectivity index (χ1v) is 9.58. The zero-order valence-electron chi connectivity index (χ0n) is 15.6. The van der Waals surface area contributed by atoms with E-state index < -0.39 is 0 Å². The van der Waals surface area contributed by atoms with Crippen molar-refractivity contribution < 1.29 is 19.0 Å². The van der Waals surface area contributed by atoms with Crippen LogP contribution in [0.4, 0.5) is 5.69 Å². The third-order valence-electron chi connectivity index (χ3n) is 5.22. The number of carbonyl (C=O) groups excluding carboxylic acids is 1. The number of aryl methyl sites for hydroxylation is 1. The van der Waals surface area contributed by atoms with E-state index in [-0.39, 0.29) is 12.0 Å². The van der Waals surface area contributed by atoms with E-state index in [2.05, 4.69) is 0 Å². The van der Waals surface area contributed by atoms with Crippen LogP contribution >= 0.6 is 0 Å². The van der Waals surface area contributed by atoms with E-state index in [0.29, 0.717) is 24.5 Å². The molecule has 1 saturated heterocycles. The second-order valence-electron chi connectivity index (χ2n) is 7.00. The topological polar surface area (TPSA) is 48.0 Å². The second-order valence-corrected chi connectivity index (χ2v) is 7.00. The van der Waals surface area contributed by atoms with Crippen molar-refractivity contribution in [3.05, 3.63) is 53.6 Å². The number of carbonyl (C=O) groups is 1. The number of hydrogen-bond acceptors (Lipinski definition) is 4. The van der Waals surface area contributed by atoms with Crippen LogP contribution in [-0.2, 0) is 11.2 Å². The lowest BCUT2D eigenvalue weighted by molar-refractivity contribution is 0.0672. The second kappa shape index (κ2) is 8.01. The third kappa shape index (κ3) is 3.78. The Bertz CT molecular complexity index is 814. The predicted octanol–water partition coefficient (Wildman–Crippen LogP) is 3.85. The first-order chi connectivity index (χ1) is 13.3. The number of para-hydroxylation sites is 1. The van der Waals surface area contributed by atoms with Crippen molar-refractivity contribution >= 4 is 11.6 Å². The molecule has 0 spiro atoms. The van der Waals surface area contributed by atoms with E-state index in [1.807, 2.05) is 47.4 Å². The zero-order chi connectivity index (χ0) is 18.6. The summed E-state index contributed by atoms with van der Waals surface area (Å²) in [6.07, 6.45) is 4.09. The Balaban J connectivity index is 1.57. The Morgan fingerprint density at radius 2 is 2.11 bits per heavy atom. The van der Waals surface area contributed by atoms with E-state index >= 15 is 0 Å². The van der Waals surface area contributed by atoms with Crippen LogP contribution in [0.2, 0.25) is 0 Å². The number of fused-ring (bicyclic) bond motifs is 1. The van der Waals surface area contributed by atoms with Gasteiger partial charge in [0.05, 0.1) is 18.8 Å². The van der Waals surface area contributed by atoms with Crippen LogP contribution in [0.1, 0.15) is 35.2 Å². The number of ether oxygens (including phenoxy) is 3. The summed E-state index contributed by atoms with van der Waals surface area (Å²) in [5.74, 6) is 1.42. The molecule has 27 heavy (non-hydrogen) atoms. The van der Waals surface area contributed by atoms with Crippen molar-refractivity contribution in [2.45, 2.75) is 31.8 Å². The van der Waals surface area contributed by atoms with Crippen molar-refractivity contribution in [2.24, 2.45) is 0 Å². The number of anilines is 1. The van der Waals surface area contributed by atoms with Gasteiger partial charge in [-0.25, -0.2) is 0 Å². The number of rotatable bonds is 5. The molecule has 142 valence electrons. The van der Waals surface area contributed by atoms with E-state index in [0.717, 1.165) is 49.3 Å². The minimum absolute atomic E-state index is 0.0240. The van der Waals surface area contributed by atoms with Crippen LogP contribution in [0.15, 0.2) is 42.5 Å². The largest absolute Gasteiger partial charge is 0.497 e. The molecular weight excluding hydrogens is 342 g/mol. The highest BCUT2D eigenvalue weighted by Gasteiger charge is 2.26. The van der Waals surface area contributed by atoms with Crippen LogP contribution < -0.4 is 14.4 Å². The van der Waals surface area contributed by atoms with Crippen molar-refractivity contribution in [1.82, 2.24) is 0 Å². The molecule has 0 saturated carbocycles. The summed E-state index contributed by atoms with van der Waals surface area (Å²) in [4.78, 5) is 15.2. The highest BCUT2D eigenvalue weighted by molar-refractivity contribution is 6.08. The number of benzene rings is 2. The summed E-state index contributed by atoms with van der Waals surface area (Å²) in [7, 11) is 1.66. The monoisotopic (exact) mass is 367 g/mol. The third-order valence-corrected chi connectivity index (χ3v) is 5.22. The molecule has 0 bridgehead atoms. The number of hydrogen-bond donors (Lipinski definition) is 0. The van der Waals surface area contributed by atoms with Gasteiger partial charge in [-0.05, 0) is 61.6 Å². The molecule has 2 aromatic rings. The average molecular weight is 367 g/mol. The van der Waals surface area contributed by atoms with Crippen molar-refractivity contribution in [3.8, 4) is 11.5 Å². The SMILES string of the molecule is COc1ccc2c(c1)CCCN2C(=O)c1ccccc1OC[C@H]1CCCO1. The molecule has 0 aliphatic carbocycles. The van der Waals surface area contributed by atoms with Gasteiger partial charge in [0, 0.05) is 18.8 Å². The van der Waals surface area contributed by atoms with E-state index in [1.54, 1.807) is 7.11 Å². The molecule has 1 amide bonds. The Labute approximate surface area is 159 Å². The van der Waals surface area contributed by atoms with Crippen molar-refractivity contribution in [3.63, 3.8) is 0 Å². The number of nitrogens with zero attached hydrogens (tertiary/aromatic N) is 1. The molecule has 0 radical (unpaired) electrons. The Morgan fingerprint density at radius 1 is 1.22 bits per heavy atom. The fourth-order valence-corrected chi connectivity index (χ4v) is 3.78. The molecule has 2 aliphatic heterocycles. The molecule has 0 unspecified atom stereocenters. The summed E-state index contributed by atoms with van der Waals surface area (Å²) >= 11 is 0. The molecular formula is C22H25NO4. The van der Waals surface area contributed by atoms with Gasteiger partial charge < -0.3 is 19.1 Å². The number of amides is 1. The molecule has 1 fully saturated rings. The van der Waals surface area contributed by atoms with Crippen LogP contribution in [0.5, 0.6) is 11.5 Å². The molecule has 1 atom stereocenters. The van der Waals surface area contributed by atoms with Crippen LogP contribution in [0, 0.1) is 0 Å². The minimum atomic E-state index is -0.0240. The maximum atomic E-state index is 13.3. The summed E-state index contributed by atoms with van der Waals surface area (Å²) in [6.45, 7) is 1.99.